The Hall–Kier alpha value is -5.66. The molecule has 210 valence electrons. The van der Waals surface area contributed by atoms with Crippen LogP contribution in [0.3, 0.4) is 0 Å². The molecule has 0 aliphatic carbocycles. The van der Waals surface area contributed by atoms with Gasteiger partial charge in [-0.3, -0.25) is 4.57 Å². The van der Waals surface area contributed by atoms with Crippen LogP contribution in [0, 0.1) is 17.0 Å². The van der Waals surface area contributed by atoms with Crippen LogP contribution in [0.15, 0.2) is 65.7 Å². The molecule has 1 amide bonds. The van der Waals surface area contributed by atoms with Crippen LogP contribution in [0.2, 0.25) is 0 Å². The van der Waals surface area contributed by atoms with Crippen LogP contribution in [0.4, 0.5) is 22.2 Å². The summed E-state index contributed by atoms with van der Waals surface area (Å²) >= 11 is 0. The van der Waals surface area contributed by atoms with Crippen LogP contribution in [-0.4, -0.2) is 49.3 Å². The maximum absolute atomic E-state index is 13.6. The molecule has 0 aliphatic rings. The number of aryl methyl sites for hydroxylation is 1. The molecular formula is C27H25N7O7. The Balaban J connectivity index is 1.58. The third-order valence-corrected chi connectivity index (χ3v) is 6.51. The quantitative estimate of drug-likeness (QED) is 0.217. The number of H-pyrrole nitrogens is 1. The highest BCUT2D eigenvalue weighted by molar-refractivity contribution is 5.97. The van der Waals surface area contributed by atoms with E-state index in [1.165, 1.54) is 40.6 Å². The molecule has 0 aliphatic heterocycles. The van der Waals surface area contributed by atoms with Gasteiger partial charge in [0.25, 0.3) is 0 Å². The summed E-state index contributed by atoms with van der Waals surface area (Å²) in [5, 5.41) is 11.2. The molecule has 0 bridgehead atoms. The lowest BCUT2D eigenvalue weighted by atomic mass is 10.1. The Morgan fingerprint density at radius 3 is 2.39 bits per heavy atom. The number of rotatable bonds is 8. The van der Waals surface area contributed by atoms with E-state index < -0.39 is 16.7 Å². The van der Waals surface area contributed by atoms with Gasteiger partial charge in [-0.1, -0.05) is 4.98 Å². The van der Waals surface area contributed by atoms with E-state index in [-0.39, 0.29) is 18.4 Å². The minimum atomic E-state index is -0.803. The number of carbonyl (C=O) groups is 1. The summed E-state index contributed by atoms with van der Waals surface area (Å²) in [6.45, 7) is 1.51. The first-order chi connectivity index (χ1) is 19.7. The van der Waals surface area contributed by atoms with E-state index in [0.717, 1.165) is 0 Å². The molecule has 0 saturated heterocycles. The molecular weight excluding hydrogens is 534 g/mol. The molecule has 5 rings (SSSR count). The minimum Gasteiger partial charge on any atom is -0.497 e. The SMILES string of the molecule is COc1ccc(-n2c(=O)[nH]c3cnc(N(C(=O)OCc4cnc([N+](=O)[O-])n4C)c4ccc(OC)cc4C)cc32)cc1. The number of nitrogens with one attached hydrogen (secondary N) is 1. The van der Waals surface area contributed by atoms with Crippen molar-refractivity contribution in [3.05, 3.63) is 92.8 Å². The van der Waals surface area contributed by atoms with Crippen LogP contribution in [0.5, 0.6) is 11.5 Å². The molecule has 0 saturated carbocycles. The molecule has 41 heavy (non-hydrogen) atoms. The van der Waals surface area contributed by atoms with Crippen molar-refractivity contribution in [2.75, 3.05) is 19.1 Å². The van der Waals surface area contributed by atoms with Crippen LogP contribution >= 0.6 is 0 Å². The predicted molar refractivity (Wildman–Crippen MR) is 148 cm³/mol. The fourth-order valence-corrected chi connectivity index (χ4v) is 4.36. The first-order valence-electron chi connectivity index (χ1n) is 12.2. The Morgan fingerprint density at radius 2 is 1.76 bits per heavy atom. The number of aromatic nitrogens is 5. The van der Waals surface area contributed by atoms with Gasteiger partial charge >= 0.3 is 17.7 Å². The van der Waals surface area contributed by atoms with E-state index in [1.807, 2.05) is 0 Å². The minimum absolute atomic E-state index is 0.174. The fraction of sp³-hybridized carbons (Fsp3) is 0.185. The molecule has 0 atom stereocenters. The van der Waals surface area contributed by atoms with Gasteiger partial charge in [0.05, 0.1) is 49.9 Å². The van der Waals surface area contributed by atoms with Crippen molar-refractivity contribution in [2.45, 2.75) is 13.5 Å². The Morgan fingerprint density at radius 1 is 1.05 bits per heavy atom. The average Bonchev–Trinajstić information content (AvgIpc) is 3.50. The maximum Gasteiger partial charge on any atom is 0.434 e. The first kappa shape index (κ1) is 26.9. The van der Waals surface area contributed by atoms with E-state index in [1.54, 1.807) is 62.6 Å². The van der Waals surface area contributed by atoms with Crippen LogP contribution in [0.1, 0.15) is 11.3 Å². The topological polar surface area (TPSA) is 160 Å². The molecule has 1 N–H and O–H groups in total. The van der Waals surface area contributed by atoms with Crippen molar-refractivity contribution >= 4 is 34.6 Å². The van der Waals surface area contributed by atoms with Gasteiger partial charge < -0.3 is 29.3 Å². The number of hydrogen-bond donors (Lipinski definition) is 1. The van der Waals surface area contributed by atoms with Gasteiger partial charge in [-0.05, 0) is 59.9 Å². The van der Waals surface area contributed by atoms with Crippen molar-refractivity contribution in [3.8, 4) is 17.2 Å². The monoisotopic (exact) mass is 559 g/mol. The highest BCUT2D eigenvalue weighted by Crippen LogP contribution is 2.32. The van der Waals surface area contributed by atoms with Gasteiger partial charge in [-0.15, -0.1) is 0 Å². The lowest BCUT2D eigenvalue weighted by Gasteiger charge is -2.23. The van der Waals surface area contributed by atoms with E-state index in [2.05, 4.69) is 15.0 Å². The molecule has 5 aromatic rings. The number of fused-ring (bicyclic) bond motifs is 1. The van der Waals surface area contributed by atoms with Crippen LogP contribution < -0.4 is 20.1 Å². The number of anilines is 2. The van der Waals surface area contributed by atoms with Crippen molar-refractivity contribution in [3.63, 3.8) is 0 Å². The predicted octanol–water partition coefficient (Wildman–Crippen LogP) is 4.16. The molecule has 0 unspecified atom stereocenters. The molecule has 0 fully saturated rings. The molecule has 2 aromatic carbocycles. The average molecular weight is 560 g/mol. The van der Waals surface area contributed by atoms with Gasteiger partial charge in [0.1, 0.15) is 23.5 Å². The summed E-state index contributed by atoms with van der Waals surface area (Å²) in [6, 6.07) is 13.7. The first-order valence-corrected chi connectivity index (χ1v) is 12.2. The lowest BCUT2D eigenvalue weighted by molar-refractivity contribution is -0.396. The molecule has 14 nitrogen and oxygen atoms in total. The summed E-state index contributed by atoms with van der Waals surface area (Å²) in [4.78, 5) is 49.3. The second kappa shape index (κ2) is 10.8. The second-order valence-corrected chi connectivity index (χ2v) is 8.93. The summed E-state index contributed by atoms with van der Waals surface area (Å²) in [5.41, 5.74) is 2.56. The van der Waals surface area contributed by atoms with Gasteiger partial charge in [-0.25, -0.2) is 24.0 Å². The number of pyridine rings is 1. The lowest BCUT2D eigenvalue weighted by Crippen LogP contribution is -2.28. The van der Waals surface area contributed by atoms with Crippen LogP contribution in [-0.2, 0) is 18.4 Å². The zero-order valence-electron chi connectivity index (χ0n) is 22.5. The summed E-state index contributed by atoms with van der Waals surface area (Å²) in [7, 11) is 4.54. The van der Waals surface area contributed by atoms with Crippen molar-refractivity contribution in [1.82, 2.24) is 24.1 Å². The summed E-state index contributed by atoms with van der Waals surface area (Å²) < 4.78 is 18.8. The molecule has 0 spiro atoms. The summed E-state index contributed by atoms with van der Waals surface area (Å²) in [5.74, 6) is 1.01. The number of ether oxygens (including phenoxy) is 3. The van der Waals surface area contributed by atoms with Gasteiger partial charge in [0, 0.05) is 6.07 Å². The fourth-order valence-electron chi connectivity index (χ4n) is 4.36. The largest absolute Gasteiger partial charge is 0.497 e. The highest BCUT2D eigenvalue weighted by Gasteiger charge is 2.26. The zero-order valence-corrected chi connectivity index (χ0v) is 22.5. The van der Waals surface area contributed by atoms with Crippen molar-refractivity contribution in [1.29, 1.82) is 0 Å². The second-order valence-electron chi connectivity index (χ2n) is 8.93. The maximum atomic E-state index is 13.6. The third kappa shape index (κ3) is 5.05. The Labute approximate surface area is 232 Å². The zero-order chi connectivity index (χ0) is 29.3. The third-order valence-electron chi connectivity index (χ3n) is 6.51. The van der Waals surface area contributed by atoms with Gasteiger partial charge in [0.15, 0.2) is 12.3 Å². The Kier molecular flexibility index (Phi) is 7.12. The van der Waals surface area contributed by atoms with E-state index >= 15 is 0 Å². The molecule has 0 radical (unpaired) electrons. The molecule has 3 aromatic heterocycles. The van der Waals surface area contributed by atoms with Gasteiger partial charge in [0.2, 0.25) is 0 Å². The number of methoxy groups -OCH3 is 2. The number of imidazole rings is 2. The van der Waals surface area contributed by atoms with Gasteiger partial charge in [-0.2, -0.15) is 0 Å². The van der Waals surface area contributed by atoms with E-state index in [4.69, 9.17) is 14.2 Å². The number of hydrogen-bond acceptors (Lipinski definition) is 9. The standard InChI is InChI=1S/C27H25N7O7/c1-16-11-20(40-4)9-10-22(16)33(27(36)41-15-18-13-29-25(31(18)2)34(37)38)24-12-23-21(14-28-24)30-26(35)32(23)17-5-7-19(39-3)8-6-17/h5-14H,15H2,1-4H3,(H,30,35). The molecule has 14 heteroatoms. The van der Waals surface area contributed by atoms with Crippen LogP contribution in [0.25, 0.3) is 16.7 Å². The number of nitro groups is 1. The van der Waals surface area contributed by atoms with Crippen molar-refractivity contribution < 1.29 is 23.9 Å². The summed E-state index contributed by atoms with van der Waals surface area (Å²) in [6.07, 6.45) is 1.92. The highest BCUT2D eigenvalue weighted by atomic mass is 16.6. The van der Waals surface area contributed by atoms with E-state index in [9.17, 15) is 19.7 Å². The normalized spacial score (nSPS) is 10.9. The molecule has 3 heterocycles. The Bertz CT molecular complexity index is 1820. The number of aromatic amines is 1. The number of benzene rings is 2. The van der Waals surface area contributed by atoms with E-state index in [0.29, 0.717) is 45.2 Å². The van der Waals surface area contributed by atoms with Crippen molar-refractivity contribution in [2.24, 2.45) is 7.05 Å². The smallest absolute Gasteiger partial charge is 0.434 e. The number of carbonyl (C=O) groups excluding carboxylic acids is 1. The number of nitrogens with zero attached hydrogens (tertiary/aromatic N) is 6. The number of amides is 1.